The minimum absolute atomic E-state index is 0.550. The lowest BCUT2D eigenvalue weighted by molar-refractivity contribution is 0.740. The number of alkyl halides is 1. The van der Waals surface area contributed by atoms with Crippen LogP contribution in [0.25, 0.3) is 6.08 Å². The summed E-state index contributed by atoms with van der Waals surface area (Å²) in [6.07, 6.45) is 5.72. The summed E-state index contributed by atoms with van der Waals surface area (Å²) < 4.78 is 1.84. The zero-order valence-electron chi connectivity index (χ0n) is 6.71. The first-order chi connectivity index (χ1) is 5.25. The lowest BCUT2D eigenvalue weighted by Crippen LogP contribution is -1.92. The Morgan fingerprint density at radius 3 is 2.91 bits per heavy atom. The number of nitrogens with zero attached hydrogens (tertiary/aromatic N) is 2. The highest BCUT2D eigenvalue weighted by molar-refractivity contribution is 6.19. The van der Waals surface area contributed by atoms with E-state index in [1.165, 1.54) is 0 Å². The lowest BCUT2D eigenvalue weighted by Gasteiger charge is -1.92. The van der Waals surface area contributed by atoms with Gasteiger partial charge in [-0.2, -0.15) is 5.10 Å². The lowest BCUT2D eigenvalue weighted by atomic mass is 10.2. The highest BCUT2D eigenvalue weighted by atomic mass is 35.5. The monoisotopic (exact) mass is 170 g/mol. The summed E-state index contributed by atoms with van der Waals surface area (Å²) in [5.41, 5.74) is 2.29. The Kier molecular flexibility index (Phi) is 2.71. The van der Waals surface area contributed by atoms with Crippen LogP contribution in [0.1, 0.15) is 11.3 Å². The molecule has 2 nitrogen and oxygen atoms in total. The molecule has 0 saturated heterocycles. The molecule has 1 heterocycles. The van der Waals surface area contributed by atoms with Gasteiger partial charge in [0.2, 0.25) is 0 Å². The van der Waals surface area contributed by atoms with E-state index >= 15 is 0 Å². The third kappa shape index (κ3) is 1.84. The van der Waals surface area contributed by atoms with Crippen molar-refractivity contribution in [3.05, 3.63) is 23.5 Å². The second-order valence-electron chi connectivity index (χ2n) is 2.37. The smallest absolute Gasteiger partial charge is 0.0564 e. The molecule has 0 saturated carbocycles. The molecule has 11 heavy (non-hydrogen) atoms. The molecule has 0 bridgehead atoms. The molecule has 3 heteroatoms. The number of allylic oxidation sites excluding steroid dienone is 1. The highest BCUT2D eigenvalue weighted by Crippen LogP contribution is 2.07. The third-order valence-corrected chi connectivity index (χ3v) is 1.84. The topological polar surface area (TPSA) is 17.8 Å². The molecule has 0 aliphatic heterocycles. The van der Waals surface area contributed by atoms with Gasteiger partial charge in [-0.05, 0) is 6.92 Å². The largest absolute Gasteiger partial charge is 0.272 e. The summed E-state index contributed by atoms with van der Waals surface area (Å²) in [5, 5.41) is 4.09. The maximum absolute atomic E-state index is 5.50. The Bertz CT molecular complexity index is 263. The van der Waals surface area contributed by atoms with Crippen LogP contribution in [-0.4, -0.2) is 15.7 Å². The van der Waals surface area contributed by atoms with Crippen LogP contribution in [0.5, 0.6) is 0 Å². The van der Waals surface area contributed by atoms with Gasteiger partial charge in [0.15, 0.2) is 0 Å². The van der Waals surface area contributed by atoms with Gasteiger partial charge in [-0.3, -0.25) is 4.68 Å². The Morgan fingerprint density at radius 2 is 2.45 bits per heavy atom. The summed E-state index contributed by atoms with van der Waals surface area (Å²) in [6, 6.07) is 0. The molecular weight excluding hydrogens is 160 g/mol. The van der Waals surface area contributed by atoms with Gasteiger partial charge in [0, 0.05) is 24.2 Å². The summed E-state index contributed by atoms with van der Waals surface area (Å²) in [5.74, 6) is 0.550. The minimum atomic E-state index is 0.550. The van der Waals surface area contributed by atoms with Crippen LogP contribution in [0.15, 0.2) is 12.3 Å². The Hall–Kier alpha value is -0.760. The highest BCUT2D eigenvalue weighted by Gasteiger charge is 1.97. The second-order valence-corrected chi connectivity index (χ2v) is 2.67. The van der Waals surface area contributed by atoms with Gasteiger partial charge >= 0.3 is 0 Å². The first kappa shape index (κ1) is 8.34. The van der Waals surface area contributed by atoms with Crippen molar-refractivity contribution < 1.29 is 0 Å². The van der Waals surface area contributed by atoms with E-state index in [-0.39, 0.29) is 0 Å². The molecule has 1 aromatic rings. The molecule has 1 aromatic heterocycles. The summed E-state index contributed by atoms with van der Waals surface area (Å²) in [7, 11) is 1.92. The molecule has 1 rings (SSSR count). The fourth-order valence-corrected chi connectivity index (χ4v) is 0.940. The number of hydrogen-bond donors (Lipinski definition) is 0. The van der Waals surface area contributed by atoms with E-state index in [4.69, 9.17) is 11.6 Å². The predicted molar refractivity (Wildman–Crippen MR) is 47.7 cm³/mol. The van der Waals surface area contributed by atoms with E-state index in [0.29, 0.717) is 5.88 Å². The van der Waals surface area contributed by atoms with E-state index in [9.17, 15) is 0 Å². The van der Waals surface area contributed by atoms with Crippen molar-refractivity contribution in [3.8, 4) is 0 Å². The van der Waals surface area contributed by atoms with E-state index in [1.54, 1.807) is 0 Å². The van der Waals surface area contributed by atoms with E-state index in [0.717, 1.165) is 11.3 Å². The molecule has 0 aliphatic rings. The number of rotatable bonds is 2. The minimum Gasteiger partial charge on any atom is -0.272 e. The quantitative estimate of drug-likeness (QED) is 0.621. The van der Waals surface area contributed by atoms with Gasteiger partial charge in [0.05, 0.1) is 6.20 Å². The average molecular weight is 171 g/mol. The van der Waals surface area contributed by atoms with Crippen molar-refractivity contribution in [2.75, 3.05) is 5.88 Å². The van der Waals surface area contributed by atoms with Crippen LogP contribution in [-0.2, 0) is 7.05 Å². The van der Waals surface area contributed by atoms with Crippen molar-refractivity contribution >= 4 is 17.7 Å². The van der Waals surface area contributed by atoms with E-state index < -0.39 is 0 Å². The number of hydrogen-bond acceptors (Lipinski definition) is 1. The molecule has 0 radical (unpaired) electrons. The molecule has 0 unspecified atom stereocenters. The van der Waals surface area contributed by atoms with E-state index in [1.807, 2.05) is 37.0 Å². The van der Waals surface area contributed by atoms with Crippen LogP contribution in [0, 0.1) is 6.92 Å². The van der Waals surface area contributed by atoms with Gasteiger partial charge in [-0.1, -0.05) is 12.2 Å². The van der Waals surface area contributed by atoms with Gasteiger partial charge < -0.3 is 0 Å². The Labute approximate surface area is 71.5 Å². The Morgan fingerprint density at radius 1 is 1.73 bits per heavy atom. The van der Waals surface area contributed by atoms with Crippen LogP contribution < -0.4 is 0 Å². The molecule has 0 aliphatic carbocycles. The van der Waals surface area contributed by atoms with Crippen molar-refractivity contribution in [1.82, 2.24) is 9.78 Å². The normalized spacial score (nSPS) is 11.2. The Balaban J connectivity index is 2.87. The molecular formula is C8H11ClN2. The van der Waals surface area contributed by atoms with Gasteiger partial charge in [-0.25, -0.2) is 0 Å². The van der Waals surface area contributed by atoms with Crippen molar-refractivity contribution in [2.24, 2.45) is 7.05 Å². The van der Waals surface area contributed by atoms with E-state index in [2.05, 4.69) is 5.10 Å². The van der Waals surface area contributed by atoms with Crippen molar-refractivity contribution in [3.63, 3.8) is 0 Å². The zero-order valence-corrected chi connectivity index (χ0v) is 7.47. The second kappa shape index (κ2) is 3.58. The first-order valence-electron chi connectivity index (χ1n) is 3.47. The van der Waals surface area contributed by atoms with Gasteiger partial charge in [0.1, 0.15) is 0 Å². The standard InChI is InChI=1S/C8H11ClN2/c1-7-8(4-3-5-9)6-10-11(7)2/h3-4,6H,5H2,1-2H3. The maximum atomic E-state index is 5.50. The summed E-state index contributed by atoms with van der Waals surface area (Å²) in [4.78, 5) is 0. The number of aromatic nitrogens is 2. The van der Waals surface area contributed by atoms with Crippen LogP contribution in [0.3, 0.4) is 0 Å². The third-order valence-electron chi connectivity index (χ3n) is 1.66. The molecule has 0 atom stereocenters. The van der Waals surface area contributed by atoms with Crippen LogP contribution >= 0.6 is 11.6 Å². The molecule has 0 N–H and O–H groups in total. The van der Waals surface area contributed by atoms with Crippen molar-refractivity contribution in [2.45, 2.75) is 6.92 Å². The molecule has 0 spiro atoms. The zero-order chi connectivity index (χ0) is 8.27. The predicted octanol–water partition coefficient (Wildman–Crippen LogP) is 1.98. The maximum Gasteiger partial charge on any atom is 0.0564 e. The average Bonchev–Trinajstić information content (AvgIpc) is 2.31. The van der Waals surface area contributed by atoms with Crippen LogP contribution in [0.2, 0.25) is 0 Å². The van der Waals surface area contributed by atoms with Crippen LogP contribution in [0.4, 0.5) is 0 Å². The molecule has 0 amide bonds. The van der Waals surface area contributed by atoms with Gasteiger partial charge in [-0.15, -0.1) is 11.6 Å². The summed E-state index contributed by atoms with van der Waals surface area (Å²) >= 11 is 5.50. The number of aryl methyl sites for hydroxylation is 1. The molecule has 60 valence electrons. The fraction of sp³-hybridized carbons (Fsp3) is 0.375. The van der Waals surface area contributed by atoms with Gasteiger partial charge in [0.25, 0.3) is 0 Å². The first-order valence-corrected chi connectivity index (χ1v) is 4.00. The molecule has 0 fully saturated rings. The van der Waals surface area contributed by atoms with Crippen molar-refractivity contribution in [1.29, 1.82) is 0 Å². The fourth-order valence-electron chi connectivity index (χ4n) is 0.851. The summed E-state index contributed by atoms with van der Waals surface area (Å²) in [6.45, 7) is 2.03. The SMILES string of the molecule is Cc1c(C=CCCl)cnn1C. The number of halogens is 1. The molecule has 0 aromatic carbocycles.